The van der Waals surface area contributed by atoms with Gasteiger partial charge in [0.2, 0.25) is 0 Å². The van der Waals surface area contributed by atoms with E-state index in [9.17, 15) is 0 Å². The summed E-state index contributed by atoms with van der Waals surface area (Å²) in [5.74, 6) is 0.614. The minimum atomic E-state index is 0.614. The maximum atomic E-state index is 6.67. The third-order valence-corrected chi connectivity index (χ3v) is 13.1. The molecule has 0 saturated carbocycles. The molecule has 0 fully saturated rings. The average Bonchev–Trinajstić information content (AvgIpc) is 4.08. The van der Waals surface area contributed by atoms with E-state index in [-0.39, 0.29) is 0 Å². The topological polar surface area (TPSA) is 65.2 Å². The molecule has 0 atom stereocenters. The lowest BCUT2D eigenvalue weighted by Crippen LogP contribution is -1.94. The van der Waals surface area contributed by atoms with Gasteiger partial charge < -0.3 is 13.3 Å². The lowest BCUT2D eigenvalue weighted by molar-refractivity contribution is 0.667. The number of fused-ring (bicyclic) bond motifs is 13. The Morgan fingerprint density at radius 1 is 0.292 bits per heavy atom. The van der Waals surface area contributed by atoms with Gasteiger partial charge in [0.15, 0.2) is 11.4 Å². The predicted molar refractivity (Wildman–Crippen MR) is 266 cm³/mol. The molecule has 0 amide bonds. The molecule has 14 rings (SSSR count). The second-order valence-electron chi connectivity index (χ2n) is 16.8. The van der Waals surface area contributed by atoms with E-state index >= 15 is 0 Å². The largest absolute Gasteiger partial charge is 0.455 e. The first-order chi connectivity index (χ1) is 32.2. The van der Waals surface area contributed by atoms with Crippen molar-refractivity contribution in [2.45, 2.75) is 0 Å². The minimum Gasteiger partial charge on any atom is -0.455 e. The van der Waals surface area contributed by atoms with Gasteiger partial charge in [-0.2, -0.15) is 0 Å². The van der Waals surface area contributed by atoms with E-state index in [0.717, 1.165) is 111 Å². The molecule has 5 nitrogen and oxygen atoms in total. The van der Waals surface area contributed by atoms with E-state index in [2.05, 4.69) is 188 Å². The van der Waals surface area contributed by atoms with Gasteiger partial charge in [0.1, 0.15) is 39.1 Å². The number of nitrogens with zero attached hydrogens (tertiary/aromatic N) is 2. The van der Waals surface area contributed by atoms with Gasteiger partial charge >= 0.3 is 0 Å². The maximum Gasteiger partial charge on any atom is 0.180 e. The Morgan fingerprint density at radius 2 is 0.785 bits per heavy atom. The average molecular weight is 831 g/mol. The fourth-order valence-corrected chi connectivity index (χ4v) is 10.0. The predicted octanol–water partition coefficient (Wildman–Crippen LogP) is 16.8. The highest BCUT2D eigenvalue weighted by molar-refractivity contribution is 6.22. The van der Waals surface area contributed by atoms with Crippen LogP contribution in [0, 0.1) is 0 Å². The van der Waals surface area contributed by atoms with E-state index in [4.69, 9.17) is 23.2 Å². The van der Waals surface area contributed by atoms with Crippen LogP contribution >= 0.6 is 0 Å². The van der Waals surface area contributed by atoms with Gasteiger partial charge in [-0.05, 0) is 80.2 Å². The van der Waals surface area contributed by atoms with Gasteiger partial charge in [-0.3, -0.25) is 0 Å². The first-order valence-corrected chi connectivity index (χ1v) is 21.9. The SMILES string of the molecule is c1ccc(-c2nc(-c3cccc(-c4cccc5c4oc4ccc6ccccc6c45)c3)nc3c2oc2ccc(-c4cccc(-c5cccc6c5oc5ccc7ccccc7c56)c4)cc23)cc1. The molecule has 0 spiro atoms. The van der Waals surface area contributed by atoms with E-state index in [1.807, 2.05) is 18.2 Å². The van der Waals surface area contributed by atoms with Gasteiger partial charge in [0.05, 0.1) is 0 Å². The van der Waals surface area contributed by atoms with Crippen LogP contribution in [0.15, 0.2) is 220 Å². The maximum absolute atomic E-state index is 6.67. The molecule has 0 aliphatic rings. The molecular weight excluding hydrogens is 797 g/mol. The Balaban J connectivity index is 0.907. The number of hydrogen-bond acceptors (Lipinski definition) is 5. The highest BCUT2D eigenvalue weighted by atomic mass is 16.3. The first kappa shape index (κ1) is 35.8. The summed E-state index contributed by atoms with van der Waals surface area (Å²) in [6, 6.07) is 72.0. The summed E-state index contributed by atoms with van der Waals surface area (Å²) in [5, 5.41) is 10.2. The summed E-state index contributed by atoms with van der Waals surface area (Å²) in [4.78, 5) is 10.6. The van der Waals surface area contributed by atoms with Crippen LogP contribution < -0.4 is 0 Å². The standard InChI is InChI=1S/C60H34N2O3/c1-2-14-37(15-3-1)55-59-56(62-60(61-55)42-19-9-18-41(33-42)46-23-11-25-48-54-44-21-7-5-13-36(44)27-31-52(54)65-58(46)48)49-34-39(28-29-50(49)63-59)38-16-8-17-40(32-38)45-22-10-24-47-53-43-20-6-4-12-35(43)26-30-51(53)64-57(45)47/h1-34H. The smallest absolute Gasteiger partial charge is 0.180 e. The number of rotatable bonds is 5. The fourth-order valence-electron chi connectivity index (χ4n) is 10.0. The van der Waals surface area contributed by atoms with Crippen molar-refractivity contribution in [2.75, 3.05) is 0 Å². The summed E-state index contributed by atoms with van der Waals surface area (Å²) >= 11 is 0. The van der Waals surface area contributed by atoms with Crippen LogP contribution in [0.1, 0.15) is 0 Å². The third-order valence-electron chi connectivity index (χ3n) is 13.1. The summed E-state index contributed by atoms with van der Waals surface area (Å²) in [5.41, 5.74) is 14.6. The van der Waals surface area contributed by atoms with Crippen LogP contribution in [-0.4, -0.2) is 9.97 Å². The Morgan fingerprint density at radius 3 is 1.45 bits per heavy atom. The van der Waals surface area contributed by atoms with Gasteiger partial charge in [-0.25, -0.2) is 9.97 Å². The lowest BCUT2D eigenvalue weighted by atomic mass is 9.96. The van der Waals surface area contributed by atoms with Crippen molar-refractivity contribution >= 4 is 87.5 Å². The number of benzene rings is 10. The molecule has 302 valence electrons. The third kappa shape index (κ3) is 5.52. The molecule has 0 unspecified atom stereocenters. The van der Waals surface area contributed by atoms with Crippen molar-refractivity contribution in [2.24, 2.45) is 0 Å². The molecule has 0 saturated heterocycles. The zero-order valence-electron chi connectivity index (χ0n) is 34.7. The van der Waals surface area contributed by atoms with Crippen molar-refractivity contribution in [3.8, 4) is 56.0 Å². The van der Waals surface area contributed by atoms with Crippen LogP contribution in [0.5, 0.6) is 0 Å². The summed E-state index contributed by atoms with van der Waals surface area (Å²) in [7, 11) is 0. The van der Waals surface area contributed by atoms with Crippen LogP contribution in [0.2, 0.25) is 0 Å². The fraction of sp³-hybridized carbons (Fsp3) is 0. The molecule has 14 aromatic rings. The minimum absolute atomic E-state index is 0.614. The molecule has 0 N–H and O–H groups in total. The monoisotopic (exact) mass is 830 g/mol. The van der Waals surface area contributed by atoms with Crippen molar-refractivity contribution in [3.63, 3.8) is 0 Å². The molecule has 65 heavy (non-hydrogen) atoms. The first-order valence-electron chi connectivity index (χ1n) is 21.9. The molecule has 10 aromatic carbocycles. The molecule has 0 bridgehead atoms. The van der Waals surface area contributed by atoms with Gasteiger partial charge in [0.25, 0.3) is 0 Å². The normalized spacial score (nSPS) is 12.0. The van der Waals surface area contributed by atoms with Crippen LogP contribution in [0.25, 0.3) is 144 Å². The van der Waals surface area contributed by atoms with Crippen LogP contribution in [-0.2, 0) is 0 Å². The van der Waals surface area contributed by atoms with E-state index < -0.39 is 0 Å². The summed E-state index contributed by atoms with van der Waals surface area (Å²) < 4.78 is 19.9. The van der Waals surface area contributed by atoms with Crippen molar-refractivity contribution in [3.05, 3.63) is 206 Å². The lowest BCUT2D eigenvalue weighted by Gasteiger charge is -2.09. The molecular formula is C60H34N2O3. The van der Waals surface area contributed by atoms with Crippen molar-refractivity contribution in [1.82, 2.24) is 9.97 Å². The van der Waals surface area contributed by atoms with Gasteiger partial charge in [-0.1, -0.05) is 170 Å². The zero-order chi connectivity index (χ0) is 42.6. The summed E-state index contributed by atoms with van der Waals surface area (Å²) in [6.07, 6.45) is 0. The quantitative estimate of drug-likeness (QED) is 0.173. The molecule has 0 radical (unpaired) electrons. The zero-order valence-corrected chi connectivity index (χ0v) is 34.7. The van der Waals surface area contributed by atoms with Crippen molar-refractivity contribution < 1.29 is 13.3 Å². The van der Waals surface area contributed by atoms with Crippen LogP contribution in [0.4, 0.5) is 0 Å². The second kappa shape index (κ2) is 13.9. The van der Waals surface area contributed by atoms with E-state index in [0.29, 0.717) is 11.4 Å². The Kier molecular flexibility index (Phi) is 7.62. The number of hydrogen-bond donors (Lipinski definition) is 0. The molecule has 4 aromatic heterocycles. The molecule has 0 aliphatic heterocycles. The highest BCUT2D eigenvalue weighted by Crippen LogP contribution is 2.43. The van der Waals surface area contributed by atoms with E-state index in [1.54, 1.807) is 0 Å². The number of para-hydroxylation sites is 2. The van der Waals surface area contributed by atoms with Gasteiger partial charge in [-0.15, -0.1) is 0 Å². The van der Waals surface area contributed by atoms with Crippen molar-refractivity contribution in [1.29, 1.82) is 0 Å². The molecule has 4 heterocycles. The van der Waals surface area contributed by atoms with E-state index in [1.165, 1.54) is 21.5 Å². The second-order valence-corrected chi connectivity index (χ2v) is 16.8. The molecule has 0 aliphatic carbocycles. The molecule has 5 heteroatoms. The number of aromatic nitrogens is 2. The Bertz CT molecular complexity index is 4250. The van der Waals surface area contributed by atoms with Crippen LogP contribution in [0.3, 0.4) is 0 Å². The number of furan rings is 3. The Labute approximate surface area is 371 Å². The summed E-state index contributed by atoms with van der Waals surface area (Å²) in [6.45, 7) is 0. The van der Waals surface area contributed by atoms with Gasteiger partial charge in [0, 0.05) is 49.2 Å². The Hall–Kier alpha value is -8.80. The highest BCUT2D eigenvalue weighted by Gasteiger charge is 2.21.